The molecule has 1 aliphatic heterocycles. The van der Waals surface area contributed by atoms with Gasteiger partial charge in [-0.1, -0.05) is 41.0 Å². The molecular formula is C15H26N2. The van der Waals surface area contributed by atoms with E-state index in [0.717, 1.165) is 6.42 Å². The van der Waals surface area contributed by atoms with Crippen LogP contribution in [-0.4, -0.2) is 11.9 Å². The van der Waals surface area contributed by atoms with Gasteiger partial charge in [-0.25, -0.2) is 0 Å². The zero-order valence-corrected chi connectivity index (χ0v) is 12.2. The van der Waals surface area contributed by atoms with Crippen LogP contribution in [0.2, 0.25) is 0 Å². The van der Waals surface area contributed by atoms with Gasteiger partial charge in [0.2, 0.25) is 0 Å². The maximum absolute atomic E-state index is 4.36. The van der Waals surface area contributed by atoms with Gasteiger partial charge in [0.05, 0.1) is 5.71 Å². The summed E-state index contributed by atoms with van der Waals surface area (Å²) in [6.07, 6.45) is 5.66. The minimum Gasteiger partial charge on any atom is -0.163 e. The lowest BCUT2D eigenvalue weighted by atomic mass is 9.47. The Morgan fingerprint density at radius 1 is 1.35 bits per heavy atom. The second-order valence-corrected chi connectivity index (χ2v) is 7.20. The molecule has 2 heteroatoms. The number of fused-ring (bicyclic) bond motifs is 1. The first-order valence-corrected chi connectivity index (χ1v) is 6.87. The summed E-state index contributed by atoms with van der Waals surface area (Å²) in [7, 11) is 0. The SMILES string of the molecule is CCC1C2(C)C=NN=C2CCC1(C)C(C)(C)C. The zero-order valence-electron chi connectivity index (χ0n) is 12.2. The molecule has 0 saturated heterocycles. The van der Waals surface area contributed by atoms with Crippen molar-refractivity contribution in [2.45, 2.75) is 60.8 Å². The van der Waals surface area contributed by atoms with Gasteiger partial charge in [-0.3, -0.25) is 0 Å². The molecular weight excluding hydrogens is 208 g/mol. The van der Waals surface area contributed by atoms with Gasteiger partial charge in [0.15, 0.2) is 0 Å². The van der Waals surface area contributed by atoms with Crippen molar-refractivity contribution in [3.8, 4) is 0 Å². The molecule has 0 radical (unpaired) electrons. The van der Waals surface area contributed by atoms with Crippen LogP contribution in [0, 0.1) is 22.2 Å². The summed E-state index contributed by atoms with van der Waals surface area (Å²) in [5.74, 6) is 0.647. The lowest BCUT2D eigenvalue weighted by Gasteiger charge is -2.56. The standard InChI is InChI=1S/C15H26N2/c1-7-11-14(5)10-16-17-12(14)8-9-15(11,6)13(2,3)4/h10-11H,7-9H2,1-6H3. The molecule has 0 aromatic rings. The maximum Gasteiger partial charge on any atom is 0.0521 e. The molecule has 0 aromatic carbocycles. The molecule has 0 bridgehead atoms. The molecule has 1 fully saturated rings. The summed E-state index contributed by atoms with van der Waals surface area (Å²) >= 11 is 0. The lowest BCUT2D eigenvalue weighted by Crippen LogP contribution is -2.53. The summed E-state index contributed by atoms with van der Waals surface area (Å²) in [6, 6.07) is 0. The Balaban J connectivity index is 2.46. The van der Waals surface area contributed by atoms with E-state index in [-0.39, 0.29) is 5.41 Å². The third-order valence-corrected chi connectivity index (χ3v) is 5.62. The minimum absolute atomic E-state index is 0.106. The van der Waals surface area contributed by atoms with Crippen LogP contribution in [0.1, 0.15) is 60.8 Å². The maximum atomic E-state index is 4.36. The predicted molar refractivity (Wildman–Crippen MR) is 74.6 cm³/mol. The minimum atomic E-state index is 0.106. The summed E-state index contributed by atoms with van der Waals surface area (Å²) < 4.78 is 0. The fraction of sp³-hybridized carbons (Fsp3) is 0.867. The van der Waals surface area contributed by atoms with Crippen LogP contribution in [0.25, 0.3) is 0 Å². The van der Waals surface area contributed by atoms with Gasteiger partial charge in [-0.2, -0.15) is 10.2 Å². The van der Waals surface area contributed by atoms with Crippen LogP contribution in [0.4, 0.5) is 0 Å². The predicted octanol–water partition coefficient (Wildman–Crippen LogP) is 4.31. The van der Waals surface area contributed by atoms with E-state index in [1.807, 2.05) is 0 Å². The first-order valence-electron chi connectivity index (χ1n) is 6.87. The molecule has 0 aromatic heterocycles. The van der Waals surface area contributed by atoms with Gasteiger partial charge in [0, 0.05) is 11.6 Å². The van der Waals surface area contributed by atoms with Crippen molar-refractivity contribution in [2.24, 2.45) is 32.4 Å². The second kappa shape index (κ2) is 3.66. The Bertz CT molecular complexity index is 375. The highest BCUT2D eigenvalue weighted by atomic mass is 15.2. The molecule has 0 amide bonds. The van der Waals surface area contributed by atoms with Crippen LogP contribution >= 0.6 is 0 Å². The van der Waals surface area contributed by atoms with E-state index in [0.29, 0.717) is 16.7 Å². The van der Waals surface area contributed by atoms with E-state index in [4.69, 9.17) is 0 Å². The Labute approximate surface area is 106 Å². The normalized spacial score (nSPS) is 41.3. The molecule has 96 valence electrons. The van der Waals surface area contributed by atoms with E-state index in [1.54, 1.807) is 0 Å². The van der Waals surface area contributed by atoms with Gasteiger partial charge in [0.25, 0.3) is 0 Å². The highest BCUT2D eigenvalue weighted by Crippen LogP contribution is 2.59. The summed E-state index contributed by atoms with van der Waals surface area (Å²) in [5.41, 5.74) is 2.12. The van der Waals surface area contributed by atoms with Crippen LogP contribution in [0.15, 0.2) is 10.2 Å². The molecule has 2 aliphatic rings. The fourth-order valence-electron chi connectivity index (χ4n) is 4.00. The first-order chi connectivity index (χ1) is 7.75. The average Bonchev–Trinajstić information content (AvgIpc) is 2.57. The van der Waals surface area contributed by atoms with Crippen LogP contribution in [-0.2, 0) is 0 Å². The molecule has 1 saturated carbocycles. The highest BCUT2D eigenvalue weighted by Gasteiger charge is 2.56. The van der Waals surface area contributed by atoms with Crippen molar-refractivity contribution in [1.82, 2.24) is 0 Å². The Morgan fingerprint density at radius 3 is 2.53 bits per heavy atom. The van der Waals surface area contributed by atoms with Gasteiger partial charge in [-0.05, 0) is 36.5 Å². The smallest absolute Gasteiger partial charge is 0.0521 e. The summed E-state index contributed by atoms with van der Waals surface area (Å²) in [4.78, 5) is 0. The van der Waals surface area contributed by atoms with Crippen LogP contribution in [0.3, 0.4) is 0 Å². The summed E-state index contributed by atoms with van der Waals surface area (Å²) in [6.45, 7) is 14.3. The molecule has 1 heterocycles. The Kier molecular flexibility index (Phi) is 2.76. The van der Waals surface area contributed by atoms with E-state index in [1.165, 1.54) is 18.6 Å². The average molecular weight is 234 g/mol. The molecule has 3 unspecified atom stereocenters. The second-order valence-electron chi connectivity index (χ2n) is 7.20. The van der Waals surface area contributed by atoms with Crippen molar-refractivity contribution < 1.29 is 0 Å². The lowest BCUT2D eigenvalue weighted by molar-refractivity contribution is -0.0138. The highest BCUT2D eigenvalue weighted by molar-refractivity contribution is 6.06. The van der Waals surface area contributed by atoms with Gasteiger partial charge in [0.1, 0.15) is 0 Å². The van der Waals surface area contributed by atoms with Crippen molar-refractivity contribution >= 4 is 11.9 Å². The van der Waals surface area contributed by atoms with E-state index < -0.39 is 0 Å². The van der Waals surface area contributed by atoms with Gasteiger partial charge >= 0.3 is 0 Å². The third kappa shape index (κ3) is 1.60. The largest absolute Gasteiger partial charge is 0.163 e. The molecule has 3 atom stereocenters. The van der Waals surface area contributed by atoms with Crippen LogP contribution < -0.4 is 0 Å². The van der Waals surface area contributed by atoms with Gasteiger partial charge in [-0.15, -0.1) is 0 Å². The first kappa shape index (κ1) is 12.8. The monoisotopic (exact) mass is 234 g/mol. The fourth-order valence-corrected chi connectivity index (χ4v) is 4.00. The van der Waals surface area contributed by atoms with Crippen LogP contribution in [0.5, 0.6) is 0 Å². The quantitative estimate of drug-likeness (QED) is 0.646. The molecule has 17 heavy (non-hydrogen) atoms. The molecule has 1 aliphatic carbocycles. The molecule has 2 rings (SSSR count). The topological polar surface area (TPSA) is 24.7 Å². The Morgan fingerprint density at radius 2 is 2.00 bits per heavy atom. The van der Waals surface area contributed by atoms with Crippen molar-refractivity contribution in [2.75, 3.05) is 0 Å². The number of hydrogen-bond donors (Lipinski definition) is 0. The third-order valence-electron chi connectivity index (χ3n) is 5.62. The van der Waals surface area contributed by atoms with E-state index in [9.17, 15) is 0 Å². The zero-order chi connectivity index (χ0) is 12.9. The van der Waals surface area contributed by atoms with Gasteiger partial charge < -0.3 is 0 Å². The molecule has 0 spiro atoms. The van der Waals surface area contributed by atoms with E-state index >= 15 is 0 Å². The van der Waals surface area contributed by atoms with Crippen molar-refractivity contribution in [3.05, 3.63) is 0 Å². The summed E-state index contributed by atoms with van der Waals surface area (Å²) in [5, 5.41) is 8.57. The van der Waals surface area contributed by atoms with E-state index in [2.05, 4.69) is 58.0 Å². The Hall–Kier alpha value is -0.660. The van der Waals surface area contributed by atoms with Crippen molar-refractivity contribution in [3.63, 3.8) is 0 Å². The van der Waals surface area contributed by atoms with Crippen molar-refractivity contribution in [1.29, 1.82) is 0 Å². The molecule has 2 nitrogen and oxygen atoms in total. The number of hydrogen-bond acceptors (Lipinski definition) is 2. The number of rotatable bonds is 1. The molecule has 0 N–H and O–H groups in total. The number of nitrogens with zero attached hydrogens (tertiary/aromatic N) is 2.